The van der Waals surface area contributed by atoms with Gasteiger partial charge in [-0.2, -0.15) is 0 Å². The summed E-state index contributed by atoms with van der Waals surface area (Å²) in [7, 11) is -3.56. The van der Waals surface area contributed by atoms with Gasteiger partial charge < -0.3 is 5.32 Å². The van der Waals surface area contributed by atoms with Crippen molar-refractivity contribution in [1.29, 1.82) is 0 Å². The Morgan fingerprint density at radius 1 is 1.04 bits per heavy atom. The van der Waals surface area contributed by atoms with Gasteiger partial charge in [-0.3, -0.25) is 4.79 Å². The molecule has 1 aliphatic heterocycles. The van der Waals surface area contributed by atoms with E-state index in [9.17, 15) is 13.2 Å². The highest BCUT2D eigenvalue weighted by Gasteiger charge is 2.49. The second-order valence-electron chi connectivity index (χ2n) is 8.54. The number of rotatable bonds is 3. The van der Waals surface area contributed by atoms with Crippen LogP contribution in [0.3, 0.4) is 0 Å². The lowest BCUT2D eigenvalue weighted by Crippen LogP contribution is -2.55. The van der Waals surface area contributed by atoms with E-state index in [1.165, 1.54) is 32.1 Å². The number of carbonyl (C=O) groups is 1. The maximum Gasteiger partial charge on any atom is 0.240 e. The number of amides is 1. The Morgan fingerprint density at radius 3 is 2.32 bits per heavy atom. The largest absolute Gasteiger partial charge is 0.325 e. The molecule has 5 aliphatic rings. The summed E-state index contributed by atoms with van der Waals surface area (Å²) in [6.07, 6.45) is 6.08. The van der Waals surface area contributed by atoms with Crippen LogP contribution in [0.2, 0.25) is 0 Å². The van der Waals surface area contributed by atoms with Crippen molar-refractivity contribution in [3.8, 4) is 0 Å². The zero-order chi connectivity index (χ0) is 17.3. The summed E-state index contributed by atoms with van der Waals surface area (Å²) in [4.78, 5) is 12.1. The molecular weight excluding hydrogens is 336 g/mol. The molecule has 1 atom stereocenters. The fraction of sp³-hybridized carbons (Fsp3) is 0.632. The standard InChI is InChI=1S/C19H24N2O3S/c1-10-16-9-15(2-3-17(16)20-19(10)22)25(23,24)21-18-13-5-11-4-12(7-13)8-14(18)6-11/h2-3,9-14,18,21H,4-8H2,1H3,(H,20,22)/t10-,11?,12?,13?,14?,18?/m0/s1. The van der Waals surface area contributed by atoms with Gasteiger partial charge in [-0.1, -0.05) is 0 Å². The van der Waals surface area contributed by atoms with E-state index in [0.717, 1.165) is 23.1 Å². The number of hydrogen-bond acceptors (Lipinski definition) is 3. The molecule has 2 N–H and O–H groups in total. The van der Waals surface area contributed by atoms with Crippen LogP contribution in [0.15, 0.2) is 23.1 Å². The lowest BCUT2D eigenvalue weighted by molar-refractivity contribution is -0.116. The van der Waals surface area contributed by atoms with Crippen molar-refractivity contribution in [3.05, 3.63) is 23.8 Å². The quantitative estimate of drug-likeness (QED) is 0.870. The van der Waals surface area contributed by atoms with Crippen molar-refractivity contribution < 1.29 is 13.2 Å². The van der Waals surface area contributed by atoms with Crippen molar-refractivity contribution >= 4 is 21.6 Å². The summed E-state index contributed by atoms with van der Waals surface area (Å²) < 4.78 is 29.0. The summed E-state index contributed by atoms with van der Waals surface area (Å²) in [6.45, 7) is 1.81. The molecule has 1 aromatic carbocycles. The van der Waals surface area contributed by atoms with Crippen LogP contribution in [0.5, 0.6) is 0 Å². The molecule has 6 rings (SSSR count). The van der Waals surface area contributed by atoms with Crippen LogP contribution < -0.4 is 10.0 Å². The Kier molecular flexibility index (Phi) is 3.36. The topological polar surface area (TPSA) is 75.3 Å². The summed E-state index contributed by atoms with van der Waals surface area (Å²) in [5.74, 6) is 2.28. The first kappa shape index (κ1) is 15.8. The van der Waals surface area contributed by atoms with Crippen LogP contribution in [0.25, 0.3) is 0 Å². The number of benzene rings is 1. The highest BCUT2D eigenvalue weighted by molar-refractivity contribution is 7.89. The van der Waals surface area contributed by atoms with E-state index in [1.54, 1.807) is 18.2 Å². The van der Waals surface area contributed by atoms with Gasteiger partial charge in [0.1, 0.15) is 0 Å². The number of nitrogens with one attached hydrogen (secondary N) is 2. The first-order chi connectivity index (χ1) is 11.9. The Balaban J connectivity index is 1.42. The molecule has 4 aliphatic carbocycles. The number of fused-ring (bicyclic) bond motifs is 1. The van der Waals surface area contributed by atoms with Gasteiger partial charge in [-0.05, 0) is 86.5 Å². The normalized spacial score (nSPS) is 38.7. The molecule has 134 valence electrons. The summed E-state index contributed by atoms with van der Waals surface area (Å²) in [5, 5.41) is 2.80. The van der Waals surface area contributed by atoms with Crippen LogP contribution in [0, 0.1) is 23.7 Å². The molecule has 1 amide bonds. The van der Waals surface area contributed by atoms with E-state index in [1.807, 2.05) is 6.92 Å². The maximum atomic E-state index is 13.0. The fourth-order valence-corrected chi connectivity index (χ4v) is 7.34. The van der Waals surface area contributed by atoms with Gasteiger partial charge in [0.15, 0.2) is 0 Å². The molecule has 1 heterocycles. The van der Waals surface area contributed by atoms with Crippen molar-refractivity contribution in [1.82, 2.24) is 4.72 Å². The van der Waals surface area contributed by atoms with Gasteiger partial charge in [0, 0.05) is 11.7 Å². The van der Waals surface area contributed by atoms with Gasteiger partial charge in [0.2, 0.25) is 15.9 Å². The van der Waals surface area contributed by atoms with Crippen LogP contribution in [0.4, 0.5) is 5.69 Å². The number of carbonyl (C=O) groups excluding carboxylic acids is 1. The predicted octanol–water partition coefficient (Wildman–Crippen LogP) is 2.85. The van der Waals surface area contributed by atoms with Crippen molar-refractivity contribution in [2.45, 2.75) is 55.9 Å². The molecule has 25 heavy (non-hydrogen) atoms. The molecule has 6 heteroatoms. The molecule has 4 fully saturated rings. The molecule has 0 radical (unpaired) electrons. The van der Waals surface area contributed by atoms with Crippen LogP contribution in [-0.2, 0) is 14.8 Å². The van der Waals surface area contributed by atoms with Gasteiger partial charge in [-0.25, -0.2) is 13.1 Å². The zero-order valence-electron chi connectivity index (χ0n) is 14.4. The highest BCUT2D eigenvalue weighted by Crippen LogP contribution is 2.54. The van der Waals surface area contributed by atoms with E-state index >= 15 is 0 Å². The Labute approximate surface area is 148 Å². The molecule has 4 bridgehead atoms. The lowest BCUT2D eigenvalue weighted by Gasteiger charge is -2.54. The van der Waals surface area contributed by atoms with Crippen molar-refractivity contribution in [2.24, 2.45) is 23.7 Å². The van der Waals surface area contributed by atoms with E-state index in [2.05, 4.69) is 10.0 Å². The number of hydrogen-bond donors (Lipinski definition) is 2. The van der Waals surface area contributed by atoms with E-state index in [4.69, 9.17) is 0 Å². The third kappa shape index (κ3) is 2.45. The third-order valence-electron chi connectivity index (χ3n) is 6.97. The van der Waals surface area contributed by atoms with Gasteiger partial charge >= 0.3 is 0 Å². The molecular formula is C19H24N2O3S. The molecule has 0 saturated heterocycles. The van der Waals surface area contributed by atoms with Gasteiger partial charge in [0.05, 0.1) is 10.8 Å². The monoisotopic (exact) mass is 360 g/mol. The molecule has 4 saturated carbocycles. The summed E-state index contributed by atoms with van der Waals surface area (Å²) in [5.41, 5.74) is 1.50. The van der Waals surface area contributed by atoms with Crippen molar-refractivity contribution in [2.75, 3.05) is 5.32 Å². The minimum Gasteiger partial charge on any atom is -0.325 e. The second kappa shape index (κ2) is 5.30. The average Bonchev–Trinajstić information content (AvgIpc) is 2.84. The van der Waals surface area contributed by atoms with Crippen molar-refractivity contribution in [3.63, 3.8) is 0 Å². The summed E-state index contributed by atoms with van der Waals surface area (Å²) in [6, 6.07) is 5.07. The summed E-state index contributed by atoms with van der Waals surface area (Å²) >= 11 is 0. The Bertz CT molecular complexity index is 820. The molecule has 0 aromatic heterocycles. The highest BCUT2D eigenvalue weighted by atomic mass is 32.2. The molecule has 5 nitrogen and oxygen atoms in total. The Morgan fingerprint density at radius 2 is 1.68 bits per heavy atom. The van der Waals surface area contributed by atoms with Gasteiger partial charge in [-0.15, -0.1) is 0 Å². The van der Waals surface area contributed by atoms with Crippen LogP contribution >= 0.6 is 0 Å². The average molecular weight is 360 g/mol. The van der Waals surface area contributed by atoms with E-state index < -0.39 is 10.0 Å². The van der Waals surface area contributed by atoms with Crippen LogP contribution in [-0.4, -0.2) is 20.4 Å². The SMILES string of the molecule is C[C@@H]1C(=O)Nc2ccc(S(=O)(=O)NC3C4CC5CC(C4)CC3C5)cc21. The minimum absolute atomic E-state index is 0.0708. The lowest BCUT2D eigenvalue weighted by atomic mass is 9.54. The predicted molar refractivity (Wildman–Crippen MR) is 94.6 cm³/mol. The molecule has 0 spiro atoms. The van der Waals surface area contributed by atoms with E-state index in [-0.39, 0.29) is 22.8 Å². The number of anilines is 1. The molecule has 1 aromatic rings. The maximum absolute atomic E-state index is 13.0. The minimum atomic E-state index is -3.56. The number of sulfonamides is 1. The first-order valence-corrected chi connectivity index (χ1v) is 10.9. The first-order valence-electron chi connectivity index (χ1n) is 9.38. The van der Waals surface area contributed by atoms with Crippen LogP contribution in [0.1, 0.15) is 50.5 Å². The molecule has 0 unspecified atom stereocenters. The smallest absolute Gasteiger partial charge is 0.240 e. The van der Waals surface area contributed by atoms with E-state index in [0.29, 0.717) is 11.8 Å². The Hall–Kier alpha value is -1.40. The third-order valence-corrected chi connectivity index (χ3v) is 8.43. The second-order valence-corrected chi connectivity index (χ2v) is 10.3. The van der Waals surface area contributed by atoms with Gasteiger partial charge in [0.25, 0.3) is 0 Å². The zero-order valence-corrected chi connectivity index (χ0v) is 15.2. The fourth-order valence-electron chi connectivity index (χ4n) is 5.93.